The summed E-state index contributed by atoms with van der Waals surface area (Å²) in [5.74, 6) is 0.296. The lowest BCUT2D eigenvalue weighted by atomic mass is 9.95. The van der Waals surface area contributed by atoms with E-state index in [1.54, 1.807) is 25.4 Å². The summed E-state index contributed by atoms with van der Waals surface area (Å²) < 4.78 is 0. The predicted molar refractivity (Wildman–Crippen MR) is 110 cm³/mol. The number of hydrogen-bond donors (Lipinski definition) is 2. The number of nitrogens with two attached hydrogens (primary N) is 1. The van der Waals surface area contributed by atoms with Gasteiger partial charge in [0.1, 0.15) is 6.04 Å². The number of nitrogens with one attached hydrogen (secondary N) is 1. The summed E-state index contributed by atoms with van der Waals surface area (Å²) in [5.41, 5.74) is 2.52. The molecule has 1 aromatic carbocycles. The van der Waals surface area contributed by atoms with E-state index in [1.807, 2.05) is 11.4 Å². The number of benzene rings is 1. The summed E-state index contributed by atoms with van der Waals surface area (Å²) in [6, 6.07) is 12.9. The average molecular weight is 389 g/mol. The van der Waals surface area contributed by atoms with E-state index in [-0.39, 0.29) is 30.9 Å². The maximum Gasteiger partial charge on any atom is 0.275 e. The van der Waals surface area contributed by atoms with E-state index in [0.717, 1.165) is 6.42 Å². The van der Waals surface area contributed by atoms with Crippen molar-refractivity contribution in [1.82, 2.24) is 10.2 Å². The Bertz CT molecular complexity index is 726. The quantitative estimate of drug-likeness (QED) is 0.691. The smallest absolute Gasteiger partial charge is 0.275 e. The Morgan fingerprint density at radius 2 is 1.81 bits per heavy atom. The minimum atomic E-state index is -0.136. The van der Waals surface area contributed by atoms with Gasteiger partial charge in [0.05, 0.1) is 11.4 Å². The Morgan fingerprint density at radius 1 is 1.15 bits per heavy atom. The Morgan fingerprint density at radius 3 is 2.37 bits per heavy atom. The average Bonchev–Trinajstić information content (AvgIpc) is 3.20. The van der Waals surface area contributed by atoms with E-state index in [0.29, 0.717) is 5.92 Å². The molecule has 0 spiro atoms. The molecular formula is C21H30N3O2S+. The lowest BCUT2D eigenvalue weighted by Crippen LogP contribution is -2.87. The standard InChI is InChI=1S/C21H29N3O2S/c1-5-15(2)16-8-10-17(11-9-16)21(18-7-6-12-27-18)23-13-19(25)22-14-20(26)24(3)4/h6-12,15,21,23H,5,13-14H2,1-4H3,(H,22,25)/p+1/t15-,21+/m0/s1. The molecule has 3 N–H and O–H groups in total. The van der Waals surface area contributed by atoms with Crippen LogP contribution >= 0.6 is 11.3 Å². The number of nitrogens with zero attached hydrogens (tertiary/aromatic N) is 1. The third kappa shape index (κ3) is 6.19. The fourth-order valence-corrected chi connectivity index (χ4v) is 3.63. The summed E-state index contributed by atoms with van der Waals surface area (Å²) in [6.07, 6.45) is 1.12. The maximum atomic E-state index is 12.1. The van der Waals surface area contributed by atoms with Gasteiger partial charge in [0.15, 0.2) is 6.54 Å². The van der Waals surface area contributed by atoms with Gasteiger partial charge in [0.25, 0.3) is 5.91 Å². The number of amides is 2. The second-order valence-electron chi connectivity index (χ2n) is 6.97. The SMILES string of the molecule is CC[C@H](C)c1ccc([C@@H]([NH2+]CC(=O)NCC(=O)N(C)C)c2cccs2)cc1. The van der Waals surface area contributed by atoms with Gasteiger partial charge in [0.2, 0.25) is 5.91 Å². The highest BCUT2D eigenvalue weighted by atomic mass is 32.1. The van der Waals surface area contributed by atoms with E-state index >= 15 is 0 Å². The Hall–Kier alpha value is -2.18. The Labute approximate surface area is 165 Å². The van der Waals surface area contributed by atoms with Crippen molar-refractivity contribution in [3.63, 3.8) is 0 Å². The van der Waals surface area contributed by atoms with E-state index in [2.05, 4.69) is 54.9 Å². The number of likely N-dealkylation sites (N-methyl/N-ethyl adjacent to an activating group) is 1. The highest BCUT2D eigenvalue weighted by Crippen LogP contribution is 2.25. The summed E-state index contributed by atoms with van der Waals surface area (Å²) in [4.78, 5) is 26.4. The first-order valence-corrected chi connectivity index (χ1v) is 10.2. The van der Waals surface area contributed by atoms with Crippen LogP contribution in [0.5, 0.6) is 0 Å². The second-order valence-corrected chi connectivity index (χ2v) is 7.95. The van der Waals surface area contributed by atoms with E-state index in [9.17, 15) is 9.59 Å². The van der Waals surface area contributed by atoms with Gasteiger partial charge in [-0.2, -0.15) is 0 Å². The third-order valence-electron chi connectivity index (χ3n) is 4.80. The summed E-state index contributed by atoms with van der Waals surface area (Å²) in [6.45, 7) is 4.74. The number of hydrogen-bond acceptors (Lipinski definition) is 3. The van der Waals surface area contributed by atoms with Gasteiger partial charge in [-0.1, -0.05) is 44.2 Å². The van der Waals surface area contributed by atoms with Gasteiger partial charge in [-0.15, -0.1) is 11.3 Å². The van der Waals surface area contributed by atoms with Crippen LogP contribution in [-0.2, 0) is 9.59 Å². The van der Waals surface area contributed by atoms with Crippen LogP contribution in [0.25, 0.3) is 0 Å². The zero-order valence-corrected chi connectivity index (χ0v) is 17.4. The molecule has 2 atom stereocenters. The van der Waals surface area contributed by atoms with Crippen LogP contribution in [0.2, 0.25) is 0 Å². The predicted octanol–water partition coefficient (Wildman–Crippen LogP) is 2.12. The van der Waals surface area contributed by atoms with Gasteiger partial charge < -0.3 is 15.5 Å². The normalized spacial score (nSPS) is 13.0. The molecule has 1 heterocycles. The van der Waals surface area contributed by atoms with Crippen LogP contribution in [0, 0.1) is 0 Å². The van der Waals surface area contributed by atoms with Crippen LogP contribution in [0.15, 0.2) is 41.8 Å². The highest BCUT2D eigenvalue weighted by molar-refractivity contribution is 7.10. The third-order valence-corrected chi connectivity index (χ3v) is 5.76. The van der Waals surface area contributed by atoms with E-state index in [1.165, 1.54) is 20.9 Å². The van der Waals surface area contributed by atoms with Gasteiger partial charge in [-0.05, 0) is 29.3 Å². The number of carbonyl (C=O) groups is 2. The molecule has 0 saturated heterocycles. The van der Waals surface area contributed by atoms with Gasteiger partial charge in [-0.25, -0.2) is 0 Å². The molecule has 0 unspecified atom stereocenters. The molecular weight excluding hydrogens is 358 g/mol. The van der Waals surface area contributed by atoms with Gasteiger partial charge in [-0.3, -0.25) is 9.59 Å². The fraction of sp³-hybridized carbons (Fsp3) is 0.429. The van der Waals surface area contributed by atoms with Crippen LogP contribution in [-0.4, -0.2) is 43.9 Å². The van der Waals surface area contributed by atoms with Crippen molar-refractivity contribution in [3.05, 3.63) is 57.8 Å². The molecule has 2 amide bonds. The van der Waals surface area contributed by atoms with Crippen molar-refractivity contribution in [2.45, 2.75) is 32.2 Å². The van der Waals surface area contributed by atoms with Gasteiger partial charge >= 0.3 is 0 Å². The number of rotatable bonds is 9. The largest absolute Gasteiger partial charge is 0.347 e. The number of quaternary nitrogens is 1. The van der Waals surface area contributed by atoms with Crippen molar-refractivity contribution < 1.29 is 14.9 Å². The molecule has 0 radical (unpaired) electrons. The molecule has 146 valence electrons. The van der Waals surface area contributed by atoms with Crippen molar-refractivity contribution in [2.24, 2.45) is 0 Å². The lowest BCUT2D eigenvalue weighted by Gasteiger charge is -2.16. The molecule has 2 aromatic rings. The van der Waals surface area contributed by atoms with Crippen molar-refractivity contribution in [1.29, 1.82) is 0 Å². The van der Waals surface area contributed by atoms with Crippen LogP contribution in [0.3, 0.4) is 0 Å². The van der Waals surface area contributed by atoms with Crippen molar-refractivity contribution >= 4 is 23.2 Å². The molecule has 0 aliphatic carbocycles. The Kier molecular flexibility index (Phi) is 8.00. The molecule has 5 nitrogen and oxygen atoms in total. The molecule has 0 saturated carbocycles. The molecule has 6 heteroatoms. The first-order chi connectivity index (χ1) is 12.9. The van der Waals surface area contributed by atoms with Gasteiger partial charge in [0, 0.05) is 19.7 Å². The van der Waals surface area contributed by atoms with E-state index in [4.69, 9.17) is 0 Å². The summed E-state index contributed by atoms with van der Waals surface area (Å²) in [7, 11) is 3.35. The maximum absolute atomic E-state index is 12.1. The first-order valence-electron chi connectivity index (χ1n) is 9.35. The van der Waals surface area contributed by atoms with Crippen molar-refractivity contribution in [3.8, 4) is 0 Å². The molecule has 2 rings (SSSR count). The number of carbonyl (C=O) groups excluding carboxylic acids is 2. The molecule has 0 aliphatic rings. The molecule has 0 fully saturated rings. The van der Waals surface area contributed by atoms with Crippen LogP contribution in [0.1, 0.15) is 48.2 Å². The zero-order valence-electron chi connectivity index (χ0n) is 16.6. The molecule has 27 heavy (non-hydrogen) atoms. The fourth-order valence-electron chi connectivity index (χ4n) is 2.78. The topological polar surface area (TPSA) is 66.0 Å². The van der Waals surface area contributed by atoms with Crippen LogP contribution < -0.4 is 10.6 Å². The number of thiophene rings is 1. The van der Waals surface area contributed by atoms with Crippen molar-refractivity contribution in [2.75, 3.05) is 27.2 Å². The second kappa shape index (κ2) is 10.2. The monoisotopic (exact) mass is 388 g/mol. The Balaban J connectivity index is 2.03. The first kappa shape index (κ1) is 21.1. The highest BCUT2D eigenvalue weighted by Gasteiger charge is 2.20. The van der Waals surface area contributed by atoms with E-state index < -0.39 is 0 Å². The lowest BCUT2D eigenvalue weighted by molar-refractivity contribution is -0.676. The summed E-state index contributed by atoms with van der Waals surface area (Å²) in [5, 5.41) is 6.77. The molecule has 0 aliphatic heterocycles. The summed E-state index contributed by atoms with van der Waals surface area (Å²) >= 11 is 1.69. The van der Waals surface area contributed by atoms with Crippen LogP contribution in [0.4, 0.5) is 0 Å². The minimum absolute atomic E-state index is 0.0347. The molecule has 1 aromatic heterocycles. The molecule has 0 bridgehead atoms. The minimum Gasteiger partial charge on any atom is -0.347 e. The zero-order chi connectivity index (χ0) is 19.8.